The predicted octanol–water partition coefficient (Wildman–Crippen LogP) is 4.64. The minimum Gasteiger partial charge on any atom is -0.461 e. The van der Waals surface area contributed by atoms with Gasteiger partial charge >= 0.3 is 0 Å². The number of halogens is 1. The summed E-state index contributed by atoms with van der Waals surface area (Å²) in [6.07, 6.45) is 2.53. The zero-order valence-corrected chi connectivity index (χ0v) is 16.1. The van der Waals surface area contributed by atoms with Crippen LogP contribution < -0.4 is 5.32 Å². The number of rotatable bonds is 7. The molecule has 136 valence electrons. The van der Waals surface area contributed by atoms with Crippen LogP contribution in [0.4, 0.5) is 5.69 Å². The lowest BCUT2D eigenvalue weighted by molar-refractivity contribution is -0.113. The molecule has 0 radical (unpaired) electrons. The molecule has 0 aliphatic rings. The van der Waals surface area contributed by atoms with E-state index in [4.69, 9.17) is 16.0 Å². The van der Waals surface area contributed by atoms with E-state index in [9.17, 15) is 4.79 Å². The van der Waals surface area contributed by atoms with Crippen molar-refractivity contribution in [1.29, 1.82) is 0 Å². The summed E-state index contributed by atoms with van der Waals surface area (Å²) in [5.74, 6) is 1.44. The number of anilines is 1. The van der Waals surface area contributed by atoms with Crippen molar-refractivity contribution >= 4 is 35.0 Å². The van der Waals surface area contributed by atoms with Crippen molar-refractivity contribution in [2.45, 2.75) is 32.0 Å². The molecular formula is C18H19ClN4O2S. The van der Waals surface area contributed by atoms with Gasteiger partial charge in [0, 0.05) is 17.3 Å². The van der Waals surface area contributed by atoms with Crippen LogP contribution in [0.15, 0.2) is 46.2 Å². The number of carbonyl (C=O) groups is 1. The topological polar surface area (TPSA) is 73.0 Å². The second kappa shape index (κ2) is 8.42. The van der Waals surface area contributed by atoms with Crippen LogP contribution in [0, 0.1) is 6.92 Å². The van der Waals surface area contributed by atoms with E-state index in [-0.39, 0.29) is 11.7 Å². The molecule has 1 amide bonds. The van der Waals surface area contributed by atoms with Gasteiger partial charge in [-0.25, -0.2) is 0 Å². The lowest BCUT2D eigenvalue weighted by Gasteiger charge is -2.08. The van der Waals surface area contributed by atoms with Crippen molar-refractivity contribution in [2.24, 2.45) is 0 Å². The fraction of sp³-hybridized carbons (Fsp3) is 0.278. The standard InChI is InChI=1S/C18H19ClN4O2S/c1-3-8-23-17(15-5-4-9-25-15)21-22-18(23)26-11-16(24)20-13-7-6-12(2)14(19)10-13/h4-7,9-10H,3,8,11H2,1-2H3,(H,20,24). The van der Waals surface area contributed by atoms with Gasteiger partial charge < -0.3 is 9.73 Å². The van der Waals surface area contributed by atoms with Crippen LogP contribution in [0.3, 0.4) is 0 Å². The molecule has 2 aromatic heterocycles. The first-order valence-corrected chi connectivity index (χ1v) is 9.60. The second-order valence-electron chi connectivity index (χ2n) is 5.74. The normalized spacial score (nSPS) is 10.9. The van der Waals surface area contributed by atoms with Gasteiger partial charge in [0.1, 0.15) is 0 Å². The molecule has 0 bridgehead atoms. The summed E-state index contributed by atoms with van der Waals surface area (Å²) < 4.78 is 7.39. The van der Waals surface area contributed by atoms with Gasteiger partial charge in [-0.05, 0) is 43.2 Å². The Labute approximate surface area is 160 Å². The van der Waals surface area contributed by atoms with Crippen LogP contribution in [-0.2, 0) is 11.3 Å². The number of aryl methyl sites for hydroxylation is 1. The van der Waals surface area contributed by atoms with Crippen LogP contribution in [-0.4, -0.2) is 26.4 Å². The molecule has 0 saturated heterocycles. The molecule has 6 nitrogen and oxygen atoms in total. The number of furan rings is 1. The number of hydrogen-bond acceptors (Lipinski definition) is 5. The molecule has 0 saturated carbocycles. The van der Waals surface area contributed by atoms with E-state index >= 15 is 0 Å². The summed E-state index contributed by atoms with van der Waals surface area (Å²) in [6, 6.07) is 9.11. The van der Waals surface area contributed by atoms with Crippen LogP contribution in [0.2, 0.25) is 5.02 Å². The van der Waals surface area contributed by atoms with Crippen LogP contribution in [0.1, 0.15) is 18.9 Å². The van der Waals surface area contributed by atoms with Crippen LogP contribution in [0.25, 0.3) is 11.6 Å². The van der Waals surface area contributed by atoms with Crippen molar-refractivity contribution < 1.29 is 9.21 Å². The minimum absolute atomic E-state index is 0.125. The van der Waals surface area contributed by atoms with Gasteiger partial charge in [-0.15, -0.1) is 10.2 Å². The Hall–Kier alpha value is -2.25. The van der Waals surface area contributed by atoms with E-state index < -0.39 is 0 Å². The third kappa shape index (κ3) is 4.28. The summed E-state index contributed by atoms with van der Waals surface area (Å²) in [4.78, 5) is 12.2. The summed E-state index contributed by atoms with van der Waals surface area (Å²) in [5, 5.41) is 12.6. The van der Waals surface area contributed by atoms with Crippen LogP contribution in [0.5, 0.6) is 0 Å². The zero-order chi connectivity index (χ0) is 18.5. The molecule has 0 atom stereocenters. The summed E-state index contributed by atoms with van der Waals surface area (Å²) >= 11 is 7.43. The maximum absolute atomic E-state index is 12.2. The average molecular weight is 391 g/mol. The first-order valence-electron chi connectivity index (χ1n) is 8.24. The Bertz CT molecular complexity index is 893. The number of hydrogen-bond donors (Lipinski definition) is 1. The number of nitrogens with one attached hydrogen (secondary N) is 1. The van der Waals surface area contributed by atoms with E-state index in [2.05, 4.69) is 22.4 Å². The van der Waals surface area contributed by atoms with Crippen molar-refractivity contribution in [3.63, 3.8) is 0 Å². The van der Waals surface area contributed by atoms with Crippen molar-refractivity contribution in [3.05, 3.63) is 47.2 Å². The highest BCUT2D eigenvalue weighted by molar-refractivity contribution is 7.99. The van der Waals surface area contributed by atoms with Crippen molar-refractivity contribution in [2.75, 3.05) is 11.1 Å². The fourth-order valence-electron chi connectivity index (χ4n) is 2.41. The van der Waals surface area contributed by atoms with Crippen molar-refractivity contribution in [3.8, 4) is 11.6 Å². The molecule has 0 aliphatic carbocycles. The average Bonchev–Trinajstić information content (AvgIpc) is 3.26. The maximum atomic E-state index is 12.2. The lowest BCUT2D eigenvalue weighted by Crippen LogP contribution is -2.14. The molecule has 1 aromatic carbocycles. The van der Waals surface area contributed by atoms with Gasteiger partial charge in [-0.2, -0.15) is 0 Å². The minimum atomic E-state index is -0.125. The molecule has 0 spiro atoms. The maximum Gasteiger partial charge on any atom is 0.234 e. The highest BCUT2D eigenvalue weighted by Gasteiger charge is 2.17. The van der Waals surface area contributed by atoms with Gasteiger partial charge in [0.15, 0.2) is 16.7 Å². The van der Waals surface area contributed by atoms with Gasteiger partial charge in [0.2, 0.25) is 5.91 Å². The fourth-order valence-corrected chi connectivity index (χ4v) is 3.35. The van der Waals surface area contributed by atoms with Gasteiger partial charge in [-0.3, -0.25) is 9.36 Å². The summed E-state index contributed by atoms with van der Waals surface area (Å²) in [6.45, 7) is 4.75. The van der Waals surface area contributed by atoms with Gasteiger partial charge in [0.25, 0.3) is 0 Å². The number of nitrogens with zero attached hydrogens (tertiary/aromatic N) is 3. The molecule has 1 N–H and O–H groups in total. The third-order valence-corrected chi connectivity index (χ3v) is 5.07. The molecule has 2 heterocycles. The second-order valence-corrected chi connectivity index (χ2v) is 7.09. The molecule has 0 aliphatic heterocycles. The van der Waals surface area contributed by atoms with E-state index in [1.54, 1.807) is 12.3 Å². The predicted molar refractivity (Wildman–Crippen MR) is 104 cm³/mol. The molecule has 8 heteroatoms. The molecule has 26 heavy (non-hydrogen) atoms. The first kappa shape index (κ1) is 18.5. The van der Waals surface area contributed by atoms with E-state index in [1.165, 1.54) is 11.8 Å². The molecule has 0 unspecified atom stereocenters. The van der Waals surface area contributed by atoms with Crippen molar-refractivity contribution in [1.82, 2.24) is 14.8 Å². The number of benzene rings is 1. The summed E-state index contributed by atoms with van der Waals surface area (Å²) in [5.41, 5.74) is 1.65. The molecule has 3 rings (SSSR count). The van der Waals surface area contributed by atoms with Crippen LogP contribution >= 0.6 is 23.4 Å². The number of carbonyl (C=O) groups excluding carboxylic acids is 1. The highest BCUT2D eigenvalue weighted by atomic mass is 35.5. The first-order chi connectivity index (χ1) is 12.6. The smallest absolute Gasteiger partial charge is 0.234 e. The molecule has 3 aromatic rings. The van der Waals surface area contributed by atoms with E-state index in [0.717, 1.165) is 18.5 Å². The SMILES string of the molecule is CCCn1c(SCC(=O)Nc2ccc(C)c(Cl)c2)nnc1-c1ccco1. The lowest BCUT2D eigenvalue weighted by atomic mass is 10.2. The third-order valence-electron chi connectivity index (χ3n) is 3.69. The number of aromatic nitrogens is 3. The highest BCUT2D eigenvalue weighted by Crippen LogP contribution is 2.25. The number of amides is 1. The van der Waals surface area contributed by atoms with Gasteiger partial charge in [-0.1, -0.05) is 36.4 Å². The number of thioether (sulfide) groups is 1. The largest absolute Gasteiger partial charge is 0.461 e. The Morgan fingerprint density at radius 2 is 2.19 bits per heavy atom. The zero-order valence-electron chi connectivity index (χ0n) is 14.5. The van der Waals surface area contributed by atoms with Gasteiger partial charge in [0.05, 0.1) is 12.0 Å². The molecule has 0 fully saturated rings. The Balaban J connectivity index is 1.67. The Kier molecular flexibility index (Phi) is 6.00. The molecular weight excluding hydrogens is 372 g/mol. The van der Waals surface area contributed by atoms with E-state index in [1.807, 2.05) is 35.8 Å². The Morgan fingerprint density at radius 3 is 2.88 bits per heavy atom. The van der Waals surface area contributed by atoms with E-state index in [0.29, 0.717) is 27.5 Å². The quantitative estimate of drug-likeness (QED) is 0.595. The Morgan fingerprint density at radius 1 is 1.35 bits per heavy atom. The summed E-state index contributed by atoms with van der Waals surface area (Å²) in [7, 11) is 0. The monoisotopic (exact) mass is 390 g/mol.